The second-order valence-corrected chi connectivity index (χ2v) is 5.33. The van der Waals surface area contributed by atoms with E-state index in [4.69, 9.17) is 4.74 Å². The van der Waals surface area contributed by atoms with Crippen molar-refractivity contribution in [2.45, 2.75) is 32.7 Å². The molecule has 0 radical (unpaired) electrons. The molecule has 1 aromatic rings. The van der Waals surface area contributed by atoms with Gasteiger partial charge in [0.05, 0.1) is 12.7 Å². The molecule has 4 nitrogen and oxygen atoms in total. The Morgan fingerprint density at radius 1 is 1.40 bits per heavy atom. The number of ether oxygens (including phenoxy) is 1. The zero-order valence-electron chi connectivity index (χ0n) is 12.6. The standard InChI is InChI=1S/C16H24N2O2/c1-4-17-13-7-9-18(10-8-13)16(19)14-11-12(2)5-6-15(14)20-3/h5-6,11,13,17H,4,7-10H2,1-3H3. The molecule has 2 rings (SSSR count). The van der Waals surface area contributed by atoms with E-state index in [1.807, 2.05) is 30.0 Å². The van der Waals surface area contributed by atoms with Gasteiger partial charge in [0, 0.05) is 19.1 Å². The summed E-state index contributed by atoms with van der Waals surface area (Å²) in [5.74, 6) is 0.745. The molecule has 20 heavy (non-hydrogen) atoms. The molecular weight excluding hydrogens is 252 g/mol. The monoisotopic (exact) mass is 276 g/mol. The zero-order valence-corrected chi connectivity index (χ0v) is 12.6. The average Bonchev–Trinajstić information content (AvgIpc) is 2.47. The van der Waals surface area contributed by atoms with E-state index in [2.05, 4.69) is 12.2 Å². The summed E-state index contributed by atoms with van der Waals surface area (Å²) in [4.78, 5) is 14.6. The molecule has 1 aromatic carbocycles. The third kappa shape index (κ3) is 3.31. The molecule has 0 atom stereocenters. The summed E-state index contributed by atoms with van der Waals surface area (Å²) in [7, 11) is 1.61. The molecule has 1 fully saturated rings. The van der Waals surface area contributed by atoms with Gasteiger partial charge in [-0.3, -0.25) is 4.79 Å². The van der Waals surface area contributed by atoms with Crippen molar-refractivity contribution < 1.29 is 9.53 Å². The second kappa shape index (κ2) is 6.75. The molecule has 0 spiro atoms. The SMILES string of the molecule is CCNC1CCN(C(=O)c2cc(C)ccc2OC)CC1. The minimum atomic E-state index is 0.0838. The van der Waals surface area contributed by atoms with Gasteiger partial charge in [-0.1, -0.05) is 18.6 Å². The highest BCUT2D eigenvalue weighted by atomic mass is 16.5. The maximum absolute atomic E-state index is 12.6. The minimum absolute atomic E-state index is 0.0838. The van der Waals surface area contributed by atoms with Crippen LogP contribution in [0.4, 0.5) is 0 Å². The fraction of sp³-hybridized carbons (Fsp3) is 0.562. The number of likely N-dealkylation sites (tertiary alicyclic amines) is 1. The van der Waals surface area contributed by atoms with Gasteiger partial charge in [0.15, 0.2) is 0 Å². The molecule has 1 N–H and O–H groups in total. The van der Waals surface area contributed by atoms with Gasteiger partial charge < -0.3 is 15.0 Å². The van der Waals surface area contributed by atoms with Crippen LogP contribution in [0.5, 0.6) is 5.75 Å². The third-order valence-corrected chi connectivity index (χ3v) is 3.86. The first-order chi connectivity index (χ1) is 9.65. The van der Waals surface area contributed by atoms with Crippen molar-refractivity contribution in [2.75, 3.05) is 26.7 Å². The van der Waals surface area contributed by atoms with Crippen LogP contribution in [-0.4, -0.2) is 43.6 Å². The topological polar surface area (TPSA) is 41.6 Å². The summed E-state index contributed by atoms with van der Waals surface area (Å²) in [6, 6.07) is 6.29. The van der Waals surface area contributed by atoms with Crippen molar-refractivity contribution in [3.05, 3.63) is 29.3 Å². The highest BCUT2D eigenvalue weighted by Crippen LogP contribution is 2.23. The van der Waals surface area contributed by atoms with Gasteiger partial charge in [0.25, 0.3) is 5.91 Å². The van der Waals surface area contributed by atoms with E-state index < -0.39 is 0 Å². The summed E-state index contributed by atoms with van der Waals surface area (Å²) in [5.41, 5.74) is 1.76. The molecule has 1 aliphatic heterocycles. The van der Waals surface area contributed by atoms with Crippen LogP contribution in [0, 0.1) is 6.92 Å². The van der Waals surface area contributed by atoms with Crippen LogP contribution in [0.15, 0.2) is 18.2 Å². The summed E-state index contributed by atoms with van der Waals surface area (Å²) >= 11 is 0. The molecule has 0 aromatic heterocycles. The molecule has 0 aliphatic carbocycles. The Bertz CT molecular complexity index is 466. The van der Waals surface area contributed by atoms with Crippen LogP contribution >= 0.6 is 0 Å². The van der Waals surface area contributed by atoms with Crippen molar-refractivity contribution in [1.82, 2.24) is 10.2 Å². The van der Waals surface area contributed by atoms with Crippen molar-refractivity contribution >= 4 is 5.91 Å². The number of piperidine rings is 1. The van der Waals surface area contributed by atoms with Crippen LogP contribution < -0.4 is 10.1 Å². The van der Waals surface area contributed by atoms with E-state index >= 15 is 0 Å². The van der Waals surface area contributed by atoms with Gasteiger partial charge in [0.2, 0.25) is 0 Å². The molecule has 1 saturated heterocycles. The Morgan fingerprint density at radius 3 is 2.70 bits per heavy atom. The number of carbonyl (C=O) groups excluding carboxylic acids is 1. The molecule has 0 saturated carbocycles. The third-order valence-electron chi connectivity index (χ3n) is 3.86. The van der Waals surface area contributed by atoms with Crippen LogP contribution in [0.1, 0.15) is 35.7 Å². The highest BCUT2D eigenvalue weighted by molar-refractivity contribution is 5.97. The van der Waals surface area contributed by atoms with E-state index in [9.17, 15) is 4.79 Å². The van der Waals surface area contributed by atoms with Gasteiger partial charge in [0.1, 0.15) is 5.75 Å². The number of hydrogen-bond donors (Lipinski definition) is 1. The van der Waals surface area contributed by atoms with E-state index in [0.717, 1.165) is 38.0 Å². The molecule has 1 heterocycles. The van der Waals surface area contributed by atoms with Gasteiger partial charge in [-0.05, 0) is 38.4 Å². The number of nitrogens with zero attached hydrogens (tertiary/aromatic N) is 1. The fourth-order valence-electron chi connectivity index (χ4n) is 2.73. The van der Waals surface area contributed by atoms with Crippen molar-refractivity contribution in [2.24, 2.45) is 0 Å². The predicted molar refractivity (Wildman–Crippen MR) is 80.3 cm³/mol. The normalized spacial score (nSPS) is 16.2. The first-order valence-electron chi connectivity index (χ1n) is 7.33. The molecule has 0 unspecified atom stereocenters. The first kappa shape index (κ1) is 14.9. The van der Waals surface area contributed by atoms with Gasteiger partial charge >= 0.3 is 0 Å². The zero-order chi connectivity index (χ0) is 14.5. The lowest BCUT2D eigenvalue weighted by Crippen LogP contribution is -2.44. The molecular formula is C16H24N2O2. The molecule has 110 valence electrons. The number of carbonyl (C=O) groups is 1. The first-order valence-corrected chi connectivity index (χ1v) is 7.33. The fourth-order valence-corrected chi connectivity index (χ4v) is 2.73. The molecule has 4 heteroatoms. The summed E-state index contributed by atoms with van der Waals surface area (Å²) in [6.07, 6.45) is 2.04. The summed E-state index contributed by atoms with van der Waals surface area (Å²) < 4.78 is 5.31. The quantitative estimate of drug-likeness (QED) is 0.917. The van der Waals surface area contributed by atoms with Crippen LogP contribution in [0.2, 0.25) is 0 Å². The average molecular weight is 276 g/mol. The number of methoxy groups -OCH3 is 1. The molecule has 0 bridgehead atoms. The summed E-state index contributed by atoms with van der Waals surface area (Å²) in [5, 5.41) is 3.45. The predicted octanol–water partition coefficient (Wildman–Crippen LogP) is 2.22. The Morgan fingerprint density at radius 2 is 2.10 bits per heavy atom. The van der Waals surface area contributed by atoms with E-state index in [-0.39, 0.29) is 5.91 Å². The Labute approximate surface area is 121 Å². The van der Waals surface area contributed by atoms with Crippen LogP contribution in [0.25, 0.3) is 0 Å². The van der Waals surface area contributed by atoms with Gasteiger partial charge in [-0.15, -0.1) is 0 Å². The second-order valence-electron chi connectivity index (χ2n) is 5.33. The number of aryl methyl sites for hydroxylation is 1. The Kier molecular flexibility index (Phi) is 5.01. The number of hydrogen-bond acceptors (Lipinski definition) is 3. The lowest BCUT2D eigenvalue weighted by molar-refractivity contribution is 0.0702. The summed E-state index contributed by atoms with van der Waals surface area (Å²) in [6.45, 7) is 6.73. The van der Waals surface area contributed by atoms with E-state index in [1.165, 1.54) is 0 Å². The molecule has 1 aliphatic rings. The van der Waals surface area contributed by atoms with E-state index in [1.54, 1.807) is 7.11 Å². The Balaban J connectivity index is 2.07. The largest absolute Gasteiger partial charge is 0.496 e. The maximum atomic E-state index is 12.6. The maximum Gasteiger partial charge on any atom is 0.257 e. The Hall–Kier alpha value is -1.55. The van der Waals surface area contributed by atoms with Gasteiger partial charge in [-0.25, -0.2) is 0 Å². The van der Waals surface area contributed by atoms with Crippen molar-refractivity contribution in [3.8, 4) is 5.75 Å². The van der Waals surface area contributed by atoms with Crippen molar-refractivity contribution in [3.63, 3.8) is 0 Å². The smallest absolute Gasteiger partial charge is 0.257 e. The molecule has 1 amide bonds. The number of rotatable bonds is 4. The van der Waals surface area contributed by atoms with E-state index in [0.29, 0.717) is 17.4 Å². The minimum Gasteiger partial charge on any atom is -0.496 e. The van der Waals surface area contributed by atoms with Crippen molar-refractivity contribution in [1.29, 1.82) is 0 Å². The lowest BCUT2D eigenvalue weighted by Gasteiger charge is -2.32. The highest BCUT2D eigenvalue weighted by Gasteiger charge is 2.24. The van der Waals surface area contributed by atoms with Gasteiger partial charge in [-0.2, -0.15) is 0 Å². The lowest BCUT2D eigenvalue weighted by atomic mass is 10.0. The van der Waals surface area contributed by atoms with Crippen LogP contribution in [0.3, 0.4) is 0 Å². The number of benzene rings is 1. The number of nitrogens with one attached hydrogen (secondary N) is 1. The van der Waals surface area contributed by atoms with Crippen LogP contribution in [-0.2, 0) is 0 Å². The number of amides is 1.